The van der Waals surface area contributed by atoms with Crippen molar-refractivity contribution >= 4 is 5.70 Å². The van der Waals surface area contributed by atoms with Crippen LogP contribution in [0.25, 0.3) is 5.70 Å². The van der Waals surface area contributed by atoms with Crippen LogP contribution in [-0.4, -0.2) is 34.2 Å². The lowest BCUT2D eigenvalue weighted by molar-refractivity contribution is 0.114. The van der Waals surface area contributed by atoms with Crippen LogP contribution in [-0.2, 0) is 19.5 Å². The van der Waals surface area contributed by atoms with Crippen molar-refractivity contribution in [1.82, 2.24) is 15.2 Å². The summed E-state index contributed by atoms with van der Waals surface area (Å²) >= 11 is 0. The number of pyridine rings is 1. The zero-order valence-corrected chi connectivity index (χ0v) is 17.3. The highest BCUT2D eigenvalue weighted by Gasteiger charge is 2.20. The Hall–Kier alpha value is -2.17. The lowest BCUT2D eigenvalue weighted by Crippen LogP contribution is -2.35. The predicted octanol–water partition coefficient (Wildman–Crippen LogP) is 4.14. The molecule has 1 aliphatic heterocycles. The first-order chi connectivity index (χ1) is 14.2. The quantitative estimate of drug-likeness (QED) is 0.710. The Kier molecular flexibility index (Phi) is 6.63. The molecular weight excluding hydrogens is 358 g/mol. The lowest BCUT2D eigenvalue weighted by atomic mass is 9.85. The average Bonchev–Trinajstić information content (AvgIpc) is 3.15. The molecule has 2 aliphatic rings. The zero-order valence-electron chi connectivity index (χ0n) is 17.3. The van der Waals surface area contributed by atoms with Crippen LogP contribution in [0, 0.1) is 5.92 Å². The van der Waals surface area contributed by atoms with E-state index in [9.17, 15) is 5.11 Å². The Labute approximate surface area is 174 Å². The van der Waals surface area contributed by atoms with Crippen molar-refractivity contribution in [2.24, 2.45) is 5.92 Å². The Morgan fingerprint density at radius 1 is 1.14 bits per heavy atom. The number of nitrogens with zero attached hydrogens (tertiary/aromatic N) is 2. The first-order valence-corrected chi connectivity index (χ1v) is 11.0. The van der Waals surface area contributed by atoms with Crippen LogP contribution in [0.2, 0.25) is 0 Å². The fourth-order valence-corrected chi connectivity index (χ4v) is 4.73. The first kappa shape index (κ1) is 20.1. The summed E-state index contributed by atoms with van der Waals surface area (Å²) in [6.45, 7) is 7.17. The van der Waals surface area contributed by atoms with Gasteiger partial charge in [0, 0.05) is 49.8 Å². The zero-order chi connectivity index (χ0) is 20.1. The van der Waals surface area contributed by atoms with Crippen LogP contribution in [0.4, 0.5) is 0 Å². The van der Waals surface area contributed by atoms with Gasteiger partial charge in [0.1, 0.15) is 0 Å². The number of nitrogens with one attached hydrogen (secondary N) is 1. The minimum Gasteiger partial charge on any atom is -0.390 e. The van der Waals surface area contributed by atoms with E-state index < -0.39 is 6.10 Å². The van der Waals surface area contributed by atoms with E-state index in [0.29, 0.717) is 13.1 Å². The highest BCUT2D eigenvalue weighted by atomic mass is 16.3. The molecule has 0 saturated heterocycles. The molecule has 1 unspecified atom stereocenters. The number of aliphatic hydroxyl groups excluding tert-OH is 1. The Bertz CT molecular complexity index is 803. The fourth-order valence-electron chi connectivity index (χ4n) is 4.73. The molecule has 2 heterocycles. The molecule has 4 nitrogen and oxygen atoms in total. The standard InChI is InChI=1S/C25H33N3O/c1-19(24-12-21(13-26-14-24)11-20-7-3-2-4-8-20)27-15-25(29)18-28-16-22-9-5-6-10-23(22)17-28/h5-6,9-10,12-14,20,25,27,29H,1-4,7-8,11,15-18H2. The first-order valence-electron chi connectivity index (χ1n) is 11.0. The van der Waals surface area contributed by atoms with Crippen LogP contribution in [0.5, 0.6) is 0 Å². The van der Waals surface area contributed by atoms with Crippen molar-refractivity contribution in [1.29, 1.82) is 0 Å². The maximum absolute atomic E-state index is 10.5. The van der Waals surface area contributed by atoms with Gasteiger partial charge in [-0.2, -0.15) is 0 Å². The largest absolute Gasteiger partial charge is 0.390 e. The summed E-state index contributed by atoms with van der Waals surface area (Å²) in [6.07, 6.45) is 11.4. The van der Waals surface area contributed by atoms with Crippen molar-refractivity contribution in [2.75, 3.05) is 13.1 Å². The molecular formula is C25H33N3O. The van der Waals surface area contributed by atoms with Crippen molar-refractivity contribution in [3.63, 3.8) is 0 Å². The van der Waals surface area contributed by atoms with Gasteiger partial charge in [0.2, 0.25) is 0 Å². The van der Waals surface area contributed by atoms with Crippen LogP contribution in [0.1, 0.15) is 54.4 Å². The van der Waals surface area contributed by atoms with Gasteiger partial charge in [-0.3, -0.25) is 9.88 Å². The van der Waals surface area contributed by atoms with Gasteiger partial charge in [-0.15, -0.1) is 0 Å². The molecule has 0 spiro atoms. The average molecular weight is 392 g/mol. The molecule has 4 heteroatoms. The van der Waals surface area contributed by atoms with Crippen molar-refractivity contribution in [3.05, 3.63) is 71.6 Å². The summed E-state index contributed by atoms with van der Waals surface area (Å²) in [6, 6.07) is 10.7. The fraction of sp³-hybridized carbons (Fsp3) is 0.480. The SMILES string of the molecule is C=C(NCC(O)CN1Cc2ccccc2C1)c1cncc(CC2CCCCC2)c1. The number of β-amino-alcohol motifs (C(OH)–C–C–N with tert-alkyl or cyclic N) is 1. The minimum atomic E-state index is -0.431. The van der Waals surface area contributed by atoms with E-state index in [0.717, 1.165) is 36.7 Å². The maximum atomic E-state index is 10.5. The van der Waals surface area contributed by atoms with E-state index in [1.54, 1.807) is 0 Å². The van der Waals surface area contributed by atoms with Gasteiger partial charge < -0.3 is 10.4 Å². The van der Waals surface area contributed by atoms with Gasteiger partial charge in [0.25, 0.3) is 0 Å². The maximum Gasteiger partial charge on any atom is 0.0839 e. The summed E-state index contributed by atoms with van der Waals surface area (Å²) < 4.78 is 0. The predicted molar refractivity (Wildman–Crippen MR) is 118 cm³/mol. The monoisotopic (exact) mass is 391 g/mol. The molecule has 1 aromatic heterocycles. The minimum absolute atomic E-state index is 0.431. The smallest absolute Gasteiger partial charge is 0.0839 e. The third-order valence-electron chi connectivity index (χ3n) is 6.32. The number of rotatable bonds is 8. The highest BCUT2D eigenvalue weighted by molar-refractivity contribution is 5.61. The Morgan fingerprint density at radius 2 is 1.86 bits per heavy atom. The molecule has 29 heavy (non-hydrogen) atoms. The second-order valence-electron chi connectivity index (χ2n) is 8.74. The molecule has 2 aromatic rings. The number of aliphatic hydroxyl groups is 1. The third kappa shape index (κ3) is 5.46. The topological polar surface area (TPSA) is 48.4 Å². The molecule has 1 saturated carbocycles. The number of hydrogen-bond donors (Lipinski definition) is 2. The highest BCUT2D eigenvalue weighted by Crippen LogP contribution is 2.27. The Morgan fingerprint density at radius 3 is 2.59 bits per heavy atom. The van der Waals surface area contributed by atoms with E-state index in [2.05, 4.69) is 52.1 Å². The number of fused-ring (bicyclic) bond motifs is 1. The molecule has 0 amide bonds. The second-order valence-corrected chi connectivity index (χ2v) is 8.74. The number of benzene rings is 1. The van der Waals surface area contributed by atoms with E-state index in [4.69, 9.17) is 0 Å². The molecule has 4 rings (SSSR count). The molecule has 2 N–H and O–H groups in total. The van der Waals surface area contributed by atoms with Crippen LogP contribution < -0.4 is 5.32 Å². The molecule has 1 aromatic carbocycles. The van der Waals surface area contributed by atoms with E-state index in [1.807, 2.05) is 12.4 Å². The van der Waals surface area contributed by atoms with Crippen molar-refractivity contribution in [2.45, 2.75) is 57.7 Å². The molecule has 0 radical (unpaired) electrons. The molecule has 1 aliphatic carbocycles. The molecule has 0 bridgehead atoms. The number of hydrogen-bond acceptors (Lipinski definition) is 4. The van der Waals surface area contributed by atoms with E-state index in [-0.39, 0.29) is 0 Å². The van der Waals surface area contributed by atoms with Crippen LogP contribution in [0.15, 0.2) is 49.3 Å². The van der Waals surface area contributed by atoms with Gasteiger partial charge in [-0.05, 0) is 35.1 Å². The summed E-state index contributed by atoms with van der Waals surface area (Å²) in [5.74, 6) is 0.799. The lowest BCUT2D eigenvalue weighted by Gasteiger charge is -2.22. The van der Waals surface area contributed by atoms with Gasteiger partial charge in [-0.25, -0.2) is 0 Å². The van der Waals surface area contributed by atoms with Crippen molar-refractivity contribution in [3.8, 4) is 0 Å². The van der Waals surface area contributed by atoms with Gasteiger partial charge in [0.15, 0.2) is 0 Å². The Balaban J connectivity index is 1.24. The summed E-state index contributed by atoms with van der Waals surface area (Å²) in [5, 5.41) is 13.8. The summed E-state index contributed by atoms with van der Waals surface area (Å²) in [5.41, 5.74) is 5.91. The summed E-state index contributed by atoms with van der Waals surface area (Å²) in [7, 11) is 0. The van der Waals surface area contributed by atoms with Crippen LogP contribution in [0.3, 0.4) is 0 Å². The normalized spacial score (nSPS) is 18.4. The van der Waals surface area contributed by atoms with E-state index >= 15 is 0 Å². The molecule has 154 valence electrons. The van der Waals surface area contributed by atoms with Gasteiger partial charge in [0.05, 0.1) is 6.10 Å². The van der Waals surface area contributed by atoms with Crippen molar-refractivity contribution < 1.29 is 5.11 Å². The van der Waals surface area contributed by atoms with Crippen LogP contribution >= 0.6 is 0 Å². The molecule has 1 fully saturated rings. The van der Waals surface area contributed by atoms with Gasteiger partial charge >= 0.3 is 0 Å². The second kappa shape index (κ2) is 9.55. The third-order valence-corrected chi connectivity index (χ3v) is 6.32. The van der Waals surface area contributed by atoms with Gasteiger partial charge in [-0.1, -0.05) is 62.9 Å². The molecule has 1 atom stereocenters. The summed E-state index contributed by atoms with van der Waals surface area (Å²) in [4.78, 5) is 6.73. The number of aromatic nitrogens is 1. The van der Waals surface area contributed by atoms with E-state index in [1.165, 1.54) is 48.8 Å².